The molecule has 0 bridgehead atoms. The van der Waals surface area contributed by atoms with Crippen LogP contribution in [0.3, 0.4) is 0 Å². The number of phenols is 1. The minimum absolute atomic E-state index is 0.447. The number of halogens is 1. The summed E-state index contributed by atoms with van der Waals surface area (Å²) in [6.07, 6.45) is 3.31. The first-order chi connectivity index (χ1) is 11.1. The third kappa shape index (κ3) is 4.57. The van der Waals surface area contributed by atoms with Gasteiger partial charge in [0.2, 0.25) is 0 Å². The number of nitrogens with two attached hydrogens (primary N) is 1. The number of nitrogens with zero attached hydrogens (tertiary/aromatic N) is 4. The van der Waals surface area contributed by atoms with E-state index in [1.165, 1.54) is 0 Å². The molecule has 13 heteroatoms. The fourth-order valence-electron chi connectivity index (χ4n) is 1.36. The number of hydrogen-bond donors (Lipinski definition) is 2. The van der Waals surface area contributed by atoms with Crippen LogP contribution in [0.25, 0.3) is 0 Å². The third-order valence-corrected chi connectivity index (χ3v) is 3.13. The molecule has 2 rings (SSSR count). The van der Waals surface area contributed by atoms with E-state index in [2.05, 4.69) is 20.9 Å². The maximum absolute atomic E-state index is 10.4. The summed E-state index contributed by atoms with van der Waals surface area (Å²) in [5, 5.41) is 40.2. The van der Waals surface area contributed by atoms with Crippen LogP contribution in [0.4, 0.5) is 22.7 Å². The van der Waals surface area contributed by atoms with Crippen LogP contribution in [0.5, 0.6) is 5.75 Å². The number of pyridine rings is 1. The standard InChI is InChI=1S/C6H3N3O7.C5H5BrN2/c10-6-4(8(13)14)1-3(7(11)12)2-5(6)9(15)16;6-4-3-8-2-1-5(4)7/h1-2,10H;1-3H,(H2,7,8). The Labute approximate surface area is 141 Å². The van der Waals surface area contributed by atoms with Gasteiger partial charge < -0.3 is 10.8 Å². The van der Waals surface area contributed by atoms with Gasteiger partial charge in [-0.1, -0.05) is 0 Å². The van der Waals surface area contributed by atoms with Crippen molar-refractivity contribution in [1.82, 2.24) is 4.98 Å². The molecule has 1 aromatic heterocycles. The number of nitro benzene ring substituents is 3. The number of benzene rings is 1. The van der Waals surface area contributed by atoms with Crippen molar-refractivity contribution in [2.75, 3.05) is 5.73 Å². The molecule has 0 radical (unpaired) electrons. The molecule has 12 nitrogen and oxygen atoms in total. The molecule has 1 heterocycles. The van der Waals surface area contributed by atoms with Gasteiger partial charge in [0.05, 0.1) is 31.4 Å². The molecule has 3 N–H and O–H groups in total. The molecule has 1 aromatic carbocycles. The lowest BCUT2D eigenvalue weighted by Gasteiger charge is -1.97. The highest BCUT2D eigenvalue weighted by atomic mass is 79.9. The average Bonchev–Trinajstić information content (AvgIpc) is 2.50. The van der Waals surface area contributed by atoms with Crippen molar-refractivity contribution in [2.45, 2.75) is 0 Å². The lowest BCUT2D eigenvalue weighted by Crippen LogP contribution is -1.97. The predicted octanol–water partition coefficient (Wildman–Crippen LogP) is 2.54. The molecule has 0 saturated carbocycles. The van der Waals surface area contributed by atoms with Gasteiger partial charge in [0.25, 0.3) is 11.4 Å². The maximum Gasteiger partial charge on any atom is 0.324 e. The summed E-state index contributed by atoms with van der Waals surface area (Å²) in [6.45, 7) is 0. The second-order valence-corrected chi connectivity index (χ2v) is 4.86. The monoisotopic (exact) mass is 401 g/mol. The highest BCUT2D eigenvalue weighted by molar-refractivity contribution is 9.10. The Hall–Kier alpha value is -3.35. The average molecular weight is 402 g/mol. The van der Waals surface area contributed by atoms with Gasteiger partial charge in [-0.2, -0.15) is 0 Å². The summed E-state index contributed by atoms with van der Waals surface area (Å²) in [7, 11) is 0. The fourth-order valence-corrected chi connectivity index (χ4v) is 1.61. The number of aromatic nitrogens is 1. The summed E-state index contributed by atoms with van der Waals surface area (Å²) in [5.41, 5.74) is 3.15. The minimum atomic E-state index is -1.21. The molecule has 0 unspecified atom stereocenters. The summed E-state index contributed by atoms with van der Waals surface area (Å²) < 4.78 is 0.847. The van der Waals surface area contributed by atoms with Crippen LogP contribution >= 0.6 is 15.9 Å². The van der Waals surface area contributed by atoms with Crippen molar-refractivity contribution in [2.24, 2.45) is 0 Å². The number of nitrogen functional groups attached to an aromatic ring is 1. The summed E-state index contributed by atoms with van der Waals surface area (Å²) in [4.78, 5) is 31.6. The summed E-state index contributed by atoms with van der Waals surface area (Å²) >= 11 is 3.21. The van der Waals surface area contributed by atoms with Crippen molar-refractivity contribution in [3.05, 3.63) is 65.4 Å². The number of phenolic OH excluding ortho intramolecular Hbond substituents is 1. The lowest BCUT2D eigenvalue weighted by molar-refractivity contribution is -0.404. The maximum atomic E-state index is 10.4. The van der Waals surface area contributed by atoms with Gasteiger partial charge in [0, 0.05) is 18.1 Å². The Morgan fingerprint density at radius 3 is 1.83 bits per heavy atom. The van der Waals surface area contributed by atoms with Gasteiger partial charge >= 0.3 is 11.4 Å². The van der Waals surface area contributed by atoms with Crippen LogP contribution < -0.4 is 5.73 Å². The minimum Gasteiger partial charge on any atom is -0.497 e. The molecule has 0 aliphatic carbocycles. The molecule has 24 heavy (non-hydrogen) atoms. The van der Waals surface area contributed by atoms with Crippen molar-refractivity contribution in [3.63, 3.8) is 0 Å². The number of hydrogen-bond acceptors (Lipinski definition) is 9. The van der Waals surface area contributed by atoms with E-state index in [9.17, 15) is 30.3 Å². The largest absolute Gasteiger partial charge is 0.497 e. The Balaban J connectivity index is 0.000000300. The van der Waals surface area contributed by atoms with Crippen LogP contribution in [-0.2, 0) is 0 Å². The zero-order chi connectivity index (χ0) is 18.4. The van der Waals surface area contributed by atoms with E-state index < -0.39 is 37.6 Å². The first-order valence-corrected chi connectivity index (χ1v) is 6.59. The van der Waals surface area contributed by atoms with Gasteiger partial charge in [-0.3, -0.25) is 35.3 Å². The summed E-state index contributed by atoms with van der Waals surface area (Å²) in [5.74, 6) is -1.21. The van der Waals surface area contributed by atoms with Crippen molar-refractivity contribution < 1.29 is 19.9 Å². The van der Waals surface area contributed by atoms with Crippen molar-refractivity contribution >= 4 is 38.7 Å². The summed E-state index contributed by atoms with van der Waals surface area (Å²) in [6, 6.07) is 2.63. The smallest absolute Gasteiger partial charge is 0.324 e. The number of rotatable bonds is 3. The van der Waals surface area contributed by atoms with Crippen LogP contribution in [0.15, 0.2) is 35.1 Å². The molecule has 0 spiro atoms. The van der Waals surface area contributed by atoms with Gasteiger partial charge in [0.15, 0.2) is 0 Å². The highest BCUT2D eigenvalue weighted by Gasteiger charge is 2.30. The molecule has 0 fully saturated rings. The number of non-ortho nitro benzene ring substituents is 1. The van der Waals surface area contributed by atoms with E-state index >= 15 is 0 Å². The zero-order valence-electron chi connectivity index (χ0n) is 11.5. The van der Waals surface area contributed by atoms with Gasteiger partial charge in [-0.15, -0.1) is 0 Å². The second kappa shape index (κ2) is 7.77. The molecular formula is C11H8BrN5O7. The van der Waals surface area contributed by atoms with Crippen molar-refractivity contribution in [3.8, 4) is 5.75 Å². The van der Waals surface area contributed by atoms with Gasteiger partial charge in [0.1, 0.15) is 0 Å². The van der Waals surface area contributed by atoms with Crippen LogP contribution in [0, 0.1) is 30.3 Å². The molecule has 126 valence electrons. The van der Waals surface area contributed by atoms with Gasteiger partial charge in [-0.25, -0.2) is 0 Å². The molecule has 0 aliphatic heterocycles. The van der Waals surface area contributed by atoms with Crippen LogP contribution in [0.1, 0.15) is 0 Å². The van der Waals surface area contributed by atoms with E-state index in [0.29, 0.717) is 12.1 Å². The number of anilines is 1. The molecule has 0 amide bonds. The molecular weight excluding hydrogens is 394 g/mol. The molecule has 0 atom stereocenters. The zero-order valence-corrected chi connectivity index (χ0v) is 13.1. The topological polar surface area (TPSA) is 189 Å². The Kier molecular flexibility index (Phi) is 6.06. The Morgan fingerprint density at radius 1 is 1.04 bits per heavy atom. The predicted molar refractivity (Wildman–Crippen MR) is 84.4 cm³/mol. The molecule has 0 aliphatic rings. The Bertz CT molecular complexity index is 757. The Morgan fingerprint density at radius 2 is 1.54 bits per heavy atom. The SMILES string of the molecule is Nc1ccncc1Br.O=[N+]([O-])c1cc([N+](=O)[O-])c(O)c([N+](=O)[O-])c1. The second-order valence-electron chi connectivity index (χ2n) is 4.00. The van der Waals surface area contributed by atoms with Gasteiger partial charge in [-0.05, 0) is 22.0 Å². The van der Waals surface area contributed by atoms with E-state index in [1.54, 1.807) is 18.5 Å². The quantitative estimate of drug-likeness (QED) is 0.574. The van der Waals surface area contributed by atoms with E-state index in [1.807, 2.05) is 0 Å². The van der Waals surface area contributed by atoms with Crippen LogP contribution in [0.2, 0.25) is 0 Å². The van der Waals surface area contributed by atoms with E-state index in [4.69, 9.17) is 10.8 Å². The molecule has 0 saturated heterocycles. The first kappa shape index (κ1) is 18.7. The normalized spacial score (nSPS) is 9.54. The van der Waals surface area contributed by atoms with E-state index in [-0.39, 0.29) is 0 Å². The number of aromatic hydroxyl groups is 1. The fraction of sp³-hybridized carbons (Fsp3) is 0. The van der Waals surface area contributed by atoms with E-state index in [0.717, 1.165) is 10.2 Å². The van der Waals surface area contributed by atoms with Crippen molar-refractivity contribution in [1.29, 1.82) is 0 Å². The number of nitro groups is 3. The lowest BCUT2D eigenvalue weighted by atomic mass is 10.2. The first-order valence-electron chi connectivity index (χ1n) is 5.80. The van der Waals surface area contributed by atoms with Crippen LogP contribution in [-0.4, -0.2) is 24.9 Å². The third-order valence-electron chi connectivity index (χ3n) is 2.46. The molecule has 2 aromatic rings. The highest BCUT2D eigenvalue weighted by Crippen LogP contribution is 2.38.